The van der Waals surface area contributed by atoms with Crippen LogP contribution >= 0.6 is 0 Å². The minimum Gasteiger partial charge on any atom is -0.464 e. The Kier molecular flexibility index (Phi) is 5.53. The van der Waals surface area contributed by atoms with Gasteiger partial charge in [-0.3, -0.25) is 10.1 Å². The fourth-order valence-corrected chi connectivity index (χ4v) is 1.94. The Morgan fingerprint density at radius 3 is 2.71 bits per heavy atom. The summed E-state index contributed by atoms with van der Waals surface area (Å²) >= 11 is 0. The third kappa shape index (κ3) is 4.58. The van der Waals surface area contributed by atoms with Gasteiger partial charge >= 0.3 is 6.09 Å². The van der Waals surface area contributed by atoms with E-state index in [1.165, 1.54) is 6.08 Å². The van der Waals surface area contributed by atoms with Gasteiger partial charge in [0.2, 0.25) is 0 Å². The topological polar surface area (TPSA) is 92.3 Å². The minimum absolute atomic E-state index is 0.202. The summed E-state index contributed by atoms with van der Waals surface area (Å²) in [6, 6.07) is 12.5. The second-order valence-electron chi connectivity index (χ2n) is 5.18. The highest BCUT2D eigenvalue weighted by atomic mass is 16.6. The summed E-state index contributed by atoms with van der Waals surface area (Å²) in [5.74, 6) is -0.139. The number of imide groups is 1. The molecule has 0 saturated heterocycles. The number of hydrogen-bond acceptors (Lipinski definition) is 5. The highest BCUT2D eigenvalue weighted by Crippen LogP contribution is 2.21. The lowest BCUT2D eigenvalue weighted by molar-refractivity contribution is -0.116. The number of carbonyl (C=O) groups is 2. The summed E-state index contributed by atoms with van der Waals surface area (Å²) in [6.07, 6.45) is 1.70. The second kappa shape index (κ2) is 7.79. The van der Waals surface area contributed by atoms with Crippen molar-refractivity contribution in [3.05, 3.63) is 53.8 Å². The minimum atomic E-state index is -0.888. The predicted molar refractivity (Wildman–Crippen MR) is 87.5 cm³/mol. The van der Waals surface area contributed by atoms with Crippen LogP contribution in [0.1, 0.15) is 19.4 Å². The Morgan fingerprint density at radius 2 is 2.08 bits per heavy atom. The third-order valence-corrected chi connectivity index (χ3v) is 2.93. The van der Waals surface area contributed by atoms with Gasteiger partial charge in [-0.15, -0.1) is 0 Å². The first kappa shape index (κ1) is 17.0. The molecule has 0 spiro atoms. The average Bonchev–Trinajstić information content (AvgIpc) is 3.06. The van der Waals surface area contributed by atoms with Crippen molar-refractivity contribution in [2.45, 2.75) is 20.0 Å². The second-order valence-corrected chi connectivity index (χ2v) is 5.18. The maximum Gasteiger partial charge on any atom is 0.414 e. The van der Waals surface area contributed by atoms with Gasteiger partial charge in [0.1, 0.15) is 17.4 Å². The molecule has 0 aliphatic heterocycles. The number of nitrogens with one attached hydrogen (secondary N) is 1. The normalized spacial score (nSPS) is 11.0. The Balaban J connectivity index is 2.18. The first-order chi connectivity index (χ1) is 11.5. The summed E-state index contributed by atoms with van der Waals surface area (Å²) in [7, 11) is 0. The van der Waals surface area contributed by atoms with Gasteiger partial charge in [-0.1, -0.05) is 18.2 Å². The molecule has 0 bridgehead atoms. The van der Waals surface area contributed by atoms with Gasteiger partial charge in [0, 0.05) is 5.56 Å². The molecular formula is C18H16N2O4. The van der Waals surface area contributed by atoms with Crippen molar-refractivity contribution < 1.29 is 18.7 Å². The summed E-state index contributed by atoms with van der Waals surface area (Å²) in [4.78, 5) is 23.4. The molecule has 0 radical (unpaired) electrons. The van der Waals surface area contributed by atoms with Crippen LogP contribution in [0.15, 0.2) is 52.7 Å². The van der Waals surface area contributed by atoms with E-state index in [0.717, 1.165) is 5.56 Å². The molecule has 6 heteroatoms. The Bertz CT molecular complexity index is 799. The molecular weight excluding hydrogens is 308 g/mol. The van der Waals surface area contributed by atoms with E-state index in [1.807, 2.05) is 17.4 Å². The number of nitrogens with zero attached hydrogens (tertiary/aromatic N) is 1. The molecule has 0 aliphatic carbocycles. The number of amides is 2. The highest BCUT2D eigenvalue weighted by Gasteiger charge is 2.15. The summed E-state index contributed by atoms with van der Waals surface area (Å²) < 4.78 is 10.1. The quantitative estimate of drug-likeness (QED) is 0.686. The fourth-order valence-electron chi connectivity index (χ4n) is 1.94. The zero-order valence-electron chi connectivity index (χ0n) is 13.3. The van der Waals surface area contributed by atoms with Gasteiger partial charge < -0.3 is 9.15 Å². The third-order valence-electron chi connectivity index (χ3n) is 2.93. The van der Waals surface area contributed by atoms with E-state index in [-0.39, 0.29) is 11.7 Å². The van der Waals surface area contributed by atoms with Crippen LogP contribution < -0.4 is 5.32 Å². The Labute approximate surface area is 139 Å². The number of nitriles is 1. The maximum atomic E-state index is 12.0. The lowest BCUT2D eigenvalue weighted by Gasteiger charge is -2.08. The van der Waals surface area contributed by atoms with Gasteiger partial charge in [0.25, 0.3) is 5.91 Å². The summed E-state index contributed by atoms with van der Waals surface area (Å²) in [5.41, 5.74) is 1.24. The van der Waals surface area contributed by atoms with Crippen molar-refractivity contribution in [2.24, 2.45) is 0 Å². The molecule has 0 saturated carbocycles. The SMILES string of the molecule is CC(C)OC(=O)NC(=O)C(C#N)=Cc1cccc(-c2ccco2)c1. The smallest absolute Gasteiger partial charge is 0.414 e. The number of furan rings is 1. The van der Waals surface area contributed by atoms with E-state index in [4.69, 9.17) is 14.4 Å². The van der Waals surface area contributed by atoms with Crippen molar-refractivity contribution in [3.63, 3.8) is 0 Å². The number of benzene rings is 1. The summed E-state index contributed by atoms with van der Waals surface area (Å²) in [6.45, 7) is 3.32. The van der Waals surface area contributed by atoms with Crippen LogP contribution in [0, 0.1) is 11.3 Å². The van der Waals surface area contributed by atoms with Crippen LogP contribution in [0.5, 0.6) is 0 Å². The van der Waals surface area contributed by atoms with Crippen LogP contribution in [0.2, 0.25) is 0 Å². The zero-order chi connectivity index (χ0) is 17.5. The molecule has 1 N–H and O–H groups in total. The van der Waals surface area contributed by atoms with Crippen LogP contribution in [-0.2, 0) is 9.53 Å². The molecule has 6 nitrogen and oxygen atoms in total. The first-order valence-electron chi connectivity index (χ1n) is 7.27. The zero-order valence-corrected chi connectivity index (χ0v) is 13.3. The van der Waals surface area contributed by atoms with Crippen molar-refractivity contribution in [1.82, 2.24) is 5.32 Å². The highest BCUT2D eigenvalue weighted by molar-refractivity contribution is 6.08. The first-order valence-corrected chi connectivity index (χ1v) is 7.27. The molecule has 0 atom stereocenters. The number of alkyl carbamates (subject to hydrolysis) is 1. The molecule has 2 aromatic rings. The molecule has 0 fully saturated rings. The van der Waals surface area contributed by atoms with E-state index in [2.05, 4.69) is 0 Å². The van der Waals surface area contributed by atoms with Gasteiger partial charge in [0.05, 0.1) is 12.4 Å². The molecule has 0 aliphatic rings. The summed E-state index contributed by atoms with van der Waals surface area (Å²) in [5, 5.41) is 11.2. The number of ether oxygens (including phenoxy) is 1. The molecule has 122 valence electrons. The number of rotatable bonds is 4. The molecule has 1 heterocycles. The van der Waals surface area contributed by atoms with Crippen molar-refractivity contribution >= 4 is 18.1 Å². The molecule has 2 amide bonds. The van der Waals surface area contributed by atoms with Gasteiger partial charge in [-0.2, -0.15) is 5.26 Å². The van der Waals surface area contributed by atoms with E-state index >= 15 is 0 Å². The maximum absolute atomic E-state index is 12.0. The number of hydrogen-bond donors (Lipinski definition) is 1. The average molecular weight is 324 g/mol. The molecule has 1 aromatic heterocycles. The van der Waals surface area contributed by atoms with E-state index in [9.17, 15) is 9.59 Å². The monoisotopic (exact) mass is 324 g/mol. The van der Waals surface area contributed by atoms with Crippen LogP contribution in [0.4, 0.5) is 4.79 Å². The van der Waals surface area contributed by atoms with Crippen molar-refractivity contribution in [3.8, 4) is 17.4 Å². The molecule has 24 heavy (non-hydrogen) atoms. The van der Waals surface area contributed by atoms with Gasteiger partial charge in [-0.25, -0.2) is 4.79 Å². The predicted octanol–water partition coefficient (Wildman–Crippen LogP) is 3.51. The van der Waals surface area contributed by atoms with E-state index < -0.39 is 12.0 Å². The largest absolute Gasteiger partial charge is 0.464 e. The lowest BCUT2D eigenvalue weighted by Crippen LogP contribution is -2.33. The van der Waals surface area contributed by atoms with Crippen LogP contribution in [0.3, 0.4) is 0 Å². The fraction of sp³-hybridized carbons (Fsp3) is 0.167. The molecule has 0 unspecified atom stereocenters. The Hall–Kier alpha value is -3.33. The standard InChI is InChI=1S/C18H16N2O4/c1-12(2)24-18(22)20-17(21)15(11-19)10-13-5-3-6-14(9-13)16-7-4-8-23-16/h3-10,12H,1-2H3,(H,20,21,22). The van der Waals surface area contributed by atoms with Crippen LogP contribution in [0.25, 0.3) is 17.4 Å². The Morgan fingerprint density at radius 1 is 1.29 bits per heavy atom. The molecule has 2 rings (SSSR count). The number of carbonyl (C=O) groups excluding carboxylic acids is 2. The van der Waals surface area contributed by atoms with Crippen molar-refractivity contribution in [2.75, 3.05) is 0 Å². The van der Waals surface area contributed by atoms with Crippen LogP contribution in [-0.4, -0.2) is 18.1 Å². The van der Waals surface area contributed by atoms with Crippen molar-refractivity contribution in [1.29, 1.82) is 5.26 Å². The van der Waals surface area contributed by atoms with Gasteiger partial charge in [-0.05, 0) is 43.7 Å². The van der Waals surface area contributed by atoms with E-state index in [1.54, 1.807) is 50.4 Å². The van der Waals surface area contributed by atoms with E-state index in [0.29, 0.717) is 11.3 Å². The van der Waals surface area contributed by atoms with Gasteiger partial charge in [0.15, 0.2) is 0 Å². The molecule has 1 aromatic carbocycles. The lowest BCUT2D eigenvalue weighted by atomic mass is 10.1.